The van der Waals surface area contributed by atoms with E-state index in [1.165, 1.54) is 18.2 Å². The highest BCUT2D eigenvalue weighted by Crippen LogP contribution is 2.20. The SMILES string of the molecule is CC1CN(C(=O)c2ccc(F)c(Cl)c2)CC(CBr)O1. The topological polar surface area (TPSA) is 29.5 Å². The van der Waals surface area contributed by atoms with E-state index in [1.54, 1.807) is 4.90 Å². The Morgan fingerprint density at radius 1 is 1.58 bits per heavy atom. The van der Waals surface area contributed by atoms with Crippen LogP contribution in [0.5, 0.6) is 0 Å². The summed E-state index contributed by atoms with van der Waals surface area (Å²) in [5.41, 5.74) is 0.397. The van der Waals surface area contributed by atoms with Crippen molar-refractivity contribution >= 4 is 33.4 Å². The maximum Gasteiger partial charge on any atom is 0.254 e. The molecule has 1 saturated heterocycles. The van der Waals surface area contributed by atoms with Crippen LogP contribution in [0.3, 0.4) is 0 Å². The first-order valence-electron chi connectivity index (χ1n) is 5.97. The molecule has 2 atom stereocenters. The fraction of sp³-hybridized carbons (Fsp3) is 0.462. The molecule has 2 unspecified atom stereocenters. The molecule has 0 aliphatic carbocycles. The number of ether oxygens (including phenoxy) is 1. The number of nitrogens with zero attached hydrogens (tertiary/aromatic N) is 1. The zero-order valence-corrected chi connectivity index (χ0v) is 12.7. The van der Waals surface area contributed by atoms with Gasteiger partial charge in [0, 0.05) is 24.0 Å². The second-order valence-electron chi connectivity index (χ2n) is 4.56. The minimum absolute atomic E-state index is 0.0174. The van der Waals surface area contributed by atoms with Gasteiger partial charge in [-0.25, -0.2) is 4.39 Å². The Morgan fingerprint density at radius 3 is 2.95 bits per heavy atom. The number of carbonyl (C=O) groups is 1. The maximum absolute atomic E-state index is 13.1. The second-order valence-corrected chi connectivity index (χ2v) is 5.62. The summed E-state index contributed by atoms with van der Waals surface area (Å²) in [7, 11) is 0. The zero-order valence-electron chi connectivity index (χ0n) is 10.4. The Bertz CT molecular complexity index is 486. The molecule has 1 amide bonds. The summed E-state index contributed by atoms with van der Waals surface area (Å²) in [6, 6.07) is 4.02. The van der Waals surface area contributed by atoms with Crippen LogP contribution >= 0.6 is 27.5 Å². The number of hydrogen-bond donors (Lipinski definition) is 0. The van der Waals surface area contributed by atoms with E-state index in [-0.39, 0.29) is 23.1 Å². The first-order chi connectivity index (χ1) is 9.01. The van der Waals surface area contributed by atoms with Gasteiger partial charge in [0.1, 0.15) is 5.82 Å². The number of alkyl halides is 1. The van der Waals surface area contributed by atoms with Gasteiger partial charge < -0.3 is 9.64 Å². The van der Waals surface area contributed by atoms with E-state index < -0.39 is 5.82 Å². The molecule has 0 N–H and O–H groups in total. The average molecular weight is 351 g/mol. The largest absolute Gasteiger partial charge is 0.371 e. The number of halogens is 3. The van der Waals surface area contributed by atoms with Crippen LogP contribution in [-0.4, -0.2) is 41.4 Å². The van der Waals surface area contributed by atoms with E-state index >= 15 is 0 Å². The first-order valence-corrected chi connectivity index (χ1v) is 7.47. The summed E-state index contributed by atoms with van der Waals surface area (Å²) in [4.78, 5) is 14.1. The molecule has 6 heteroatoms. The van der Waals surface area contributed by atoms with Crippen LogP contribution in [0.1, 0.15) is 17.3 Å². The van der Waals surface area contributed by atoms with Crippen molar-refractivity contribution in [3.63, 3.8) is 0 Å². The summed E-state index contributed by atoms with van der Waals surface area (Å²) >= 11 is 9.06. The van der Waals surface area contributed by atoms with Crippen molar-refractivity contribution in [2.45, 2.75) is 19.1 Å². The molecule has 1 aromatic carbocycles. The highest BCUT2D eigenvalue weighted by Gasteiger charge is 2.28. The van der Waals surface area contributed by atoms with Gasteiger partial charge in [0.15, 0.2) is 0 Å². The number of benzene rings is 1. The molecular formula is C13H14BrClFNO2. The lowest BCUT2D eigenvalue weighted by Crippen LogP contribution is -2.49. The number of hydrogen-bond acceptors (Lipinski definition) is 2. The van der Waals surface area contributed by atoms with Crippen LogP contribution in [0.25, 0.3) is 0 Å². The highest BCUT2D eigenvalue weighted by molar-refractivity contribution is 9.09. The molecule has 2 rings (SSSR count). The molecular weight excluding hydrogens is 337 g/mol. The van der Waals surface area contributed by atoms with Crippen molar-refractivity contribution < 1.29 is 13.9 Å². The Kier molecular flexibility index (Phi) is 4.81. The quantitative estimate of drug-likeness (QED) is 0.767. The smallest absolute Gasteiger partial charge is 0.254 e. The van der Waals surface area contributed by atoms with Gasteiger partial charge >= 0.3 is 0 Å². The van der Waals surface area contributed by atoms with E-state index in [1.807, 2.05) is 6.92 Å². The van der Waals surface area contributed by atoms with Crippen molar-refractivity contribution in [1.82, 2.24) is 4.90 Å². The monoisotopic (exact) mass is 349 g/mol. The van der Waals surface area contributed by atoms with E-state index in [4.69, 9.17) is 16.3 Å². The van der Waals surface area contributed by atoms with Gasteiger partial charge in [-0.1, -0.05) is 27.5 Å². The summed E-state index contributed by atoms with van der Waals surface area (Å²) in [5, 5.41) is 0.634. The molecule has 1 heterocycles. The normalized spacial score (nSPS) is 23.5. The summed E-state index contributed by atoms with van der Waals surface area (Å²) < 4.78 is 18.8. The predicted octanol–water partition coefficient (Wildman–Crippen LogP) is 3.10. The van der Waals surface area contributed by atoms with E-state index in [2.05, 4.69) is 15.9 Å². The van der Waals surface area contributed by atoms with E-state index in [0.29, 0.717) is 24.0 Å². The van der Waals surface area contributed by atoms with Gasteiger partial charge in [-0.05, 0) is 25.1 Å². The molecule has 0 saturated carbocycles. The summed E-state index contributed by atoms with van der Waals surface area (Å²) in [6.45, 7) is 2.97. The fourth-order valence-corrected chi connectivity index (χ4v) is 2.65. The number of rotatable bonds is 2. The predicted molar refractivity (Wildman–Crippen MR) is 75.4 cm³/mol. The van der Waals surface area contributed by atoms with Crippen LogP contribution in [0.4, 0.5) is 4.39 Å². The van der Waals surface area contributed by atoms with E-state index in [9.17, 15) is 9.18 Å². The minimum Gasteiger partial charge on any atom is -0.371 e. The number of carbonyl (C=O) groups excluding carboxylic acids is 1. The highest BCUT2D eigenvalue weighted by atomic mass is 79.9. The molecule has 104 valence electrons. The lowest BCUT2D eigenvalue weighted by atomic mass is 10.1. The molecule has 1 aliphatic heterocycles. The van der Waals surface area contributed by atoms with Crippen molar-refractivity contribution in [2.75, 3.05) is 18.4 Å². The Hall–Kier alpha value is -0.650. The molecule has 1 fully saturated rings. The molecule has 19 heavy (non-hydrogen) atoms. The van der Waals surface area contributed by atoms with Gasteiger partial charge in [0.05, 0.1) is 17.2 Å². The van der Waals surface area contributed by atoms with Crippen molar-refractivity contribution in [3.8, 4) is 0 Å². The van der Waals surface area contributed by atoms with Gasteiger partial charge in [0.25, 0.3) is 5.91 Å². The van der Waals surface area contributed by atoms with Crippen LogP contribution in [0, 0.1) is 5.82 Å². The molecule has 1 aliphatic rings. The first kappa shape index (κ1) is 14.8. The molecule has 1 aromatic rings. The molecule has 0 radical (unpaired) electrons. The Morgan fingerprint density at radius 2 is 2.32 bits per heavy atom. The van der Waals surface area contributed by atoms with Crippen LogP contribution < -0.4 is 0 Å². The standard InChI is InChI=1S/C13H14BrClFNO2/c1-8-6-17(7-10(5-14)19-8)13(18)9-2-3-12(16)11(15)4-9/h2-4,8,10H,5-7H2,1H3. The lowest BCUT2D eigenvalue weighted by Gasteiger charge is -2.36. The Labute approximate surface area is 124 Å². The third kappa shape index (κ3) is 3.46. The van der Waals surface area contributed by atoms with Crippen molar-refractivity contribution in [2.24, 2.45) is 0 Å². The fourth-order valence-electron chi connectivity index (χ4n) is 2.11. The van der Waals surface area contributed by atoms with E-state index in [0.717, 1.165) is 0 Å². The number of morpholine rings is 1. The average Bonchev–Trinajstić information content (AvgIpc) is 2.40. The summed E-state index contributed by atoms with van der Waals surface area (Å²) in [6.07, 6.45) is -0.0419. The van der Waals surface area contributed by atoms with Gasteiger partial charge in [0.2, 0.25) is 0 Å². The third-order valence-corrected chi connectivity index (χ3v) is 3.96. The van der Waals surface area contributed by atoms with Crippen molar-refractivity contribution in [3.05, 3.63) is 34.6 Å². The minimum atomic E-state index is -0.521. The van der Waals surface area contributed by atoms with Crippen molar-refractivity contribution in [1.29, 1.82) is 0 Å². The Balaban J connectivity index is 2.16. The van der Waals surface area contributed by atoms with Crippen LogP contribution in [-0.2, 0) is 4.74 Å². The third-order valence-electron chi connectivity index (χ3n) is 2.95. The second kappa shape index (κ2) is 6.20. The molecule has 0 aromatic heterocycles. The lowest BCUT2D eigenvalue weighted by molar-refractivity contribution is -0.0559. The molecule has 0 bridgehead atoms. The van der Waals surface area contributed by atoms with Gasteiger partial charge in [-0.15, -0.1) is 0 Å². The van der Waals surface area contributed by atoms with Crippen LogP contribution in [0.15, 0.2) is 18.2 Å². The van der Waals surface area contributed by atoms with Gasteiger partial charge in [-0.2, -0.15) is 0 Å². The zero-order chi connectivity index (χ0) is 14.0. The summed E-state index contributed by atoms with van der Waals surface area (Å²) in [5.74, 6) is -0.671. The molecule has 0 spiro atoms. The molecule has 3 nitrogen and oxygen atoms in total. The number of amides is 1. The van der Waals surface area contributed by atoms with Crippen LogP contribution in [0.2, 0.25) is 5.02 Å². The maximum atomic E-state index is 13.1. The van der Waals surface area contributed by atoms with Gasteiger partial charge in [-0.3, -0.25) is 4.79 Å².